The van der Waals surface area contributed by atoms with Crippen molar-refractivity contribution in [3.05, 3.63) is 70.6 Å². The minimum Gasteiger partial charge on any atom is -0.507 e. The van der Waals surface area contributed by atoms with Crippen LogP contribution in [0.15, 0.2) is 48.3 Å². The third-order valence-electron chi connectivity index (χ3n) is 5.74. The summed E-state index contributed by atoms with van der Waals surface area (Å²) in [5, 5.41) is 11.2. The van der Waals surface area contributed by atoms with E-state index in [4.69, 9.17) is 0 Å². The summed E-state index contributed by atoms with van der Waals surface area (Å²) in [4.78, 5) is 34.0. The minimum absolute atomic E-state index is 0.126. The zero-order chi connectivity index (χ0) is 21.8. The normalized spacial score (nSPS) is 18.4. The van der Waals surface area contributed by atoms with E-state index in [0.29, 0.717) is 24.2 Å². The summed E-state index contributed by atoms with van der Waals surface area (Å²) in [5.41, 5.74) is 3.23. The lowest BCUT2D eigenvalue weighted by Crippen LogP contribution is -2.38. The molecule has 1 saturated heterocycles. The van der Waals surface area contributed by atoms with Crippen molar-refractivity contribution in [2.45, 2.75) is 33.7 Å². The van der Waals surface area contributed by atoms with Crippen molar-refractivity contribution in [3.8, 4) is 0 Å². The monoisotopic (exact) mass is 407 g/mol. The SMILES string of the molecule is CCN(CC)CCN1C(=O)C(=O)C(=C(O)c2cc(C)ccc2C)C1c1cccnc1. The Balaban J connectivity index is 2.12. The van der Waals surface area contributed by atoms with Crippen LogP contribution in [0.3, 0.4) is 0 Å². The maximum Gasteiger partial charge on any atom is 0.295 e. The van der Waals surface area contributed by atoms with Crippen LogP contribution >= 0.6 is 0 Å². The van der Waals surface area contributed by atoms with Gasteiger partial charge in [0.1, 0.15) is 5.76 Å². The molecule has 0 spiro atoms. The highest BCUT2D eigenvalue weighted by atomic mass is 16.3. The van der Waals surface area contributed by atoms with Crippen LogP contribution in [0, 0.1) is 13.8 Å². The fraction of sp³-hybridized carbons (Fsp3) is 0.375. The molecule has 0 aliphatic carbocycles. The number of aliphatic hydroxyl groups excluding tert-OH is 1. The lowest BCUT2D eigenvalue weighted by Gasteiger charge is -2.28. The van der Waals surface area contributed by atoms with Crippen molar-refractivity contribution < 1.29 is 14.7 Å². The van der Waals surface area contributed by atoms with Crippen LogP contribution in [0.5, 0.6) is 0 Å². The molecule has 1 fully saturated rings. The van der Waals surface area contributed by atoms with Crippen molar-refractivity contribution in [1.29, 1.82) is 0 Å². The van der Waals surface area contributed by atoms with Crippen molar-refractivity contribution in [3.63, 3.8) is 0 Å². The Labute approximate surface area is 177 Å². The first-order valence-corrected chi connectivity index (χ1v) is 10.4. The van der Waals surface area contributed by atoms with E-state index < -0.39 is 17.7 Å². The molecular weight excluding hydrogens is 378 g/mol. The number of nitrogens with zero attached hydrogens (tertiary/aromatic N) is 3. The average Bonchev–Trinajstić information content (AvgIpc) is 3.01. The molecule has 1 unspecified atom stereocenters. The van der Waals surface area contributed by atoms with Crippen LogP contribution in [0.2, 0.25) is 0 Å². The van der Waals surface area contributed by atoms with Gasteiger partial charge in [-0.25, -0.2) is 0 Å². The van der Waals surface area contributed by atoms with E-state index >= 15 is 0 Å². The van der Waals surface area contributed by atoms with E-state index in [1.165, 1.54) is 0 Å². The zero-order valence-corrected chi connectivity index (χ0v) is 18.1. The molecule has 1 aromatic heterocycles. The number of hydrogen-bond donors (Lipinski definition) is 1. The van der Waals surface area contributed by atoms with Crippen LogP contribution in [0.1, 0.15) is 42.1 Å². The predicted molar refractivity (Wildman–Crippen MR) is 117 cm³/mol. The number of aliphatic hydroxyl groups is 1. The first kappa shape index (κ1) is 21.7. The predicted octanol–water partition coefficient (Wildman–Crippen LogP) is 3.46. The number of benzene rings is 1. The molecule has 1 aliphatic heterocycles. The van der Waals surface area contributed by atoms with E-state index in [1.54, 1.807) is 23.4 Å². The van der Waals surface area contributed by atoms with Gasteiger partial charge in [0.25, 0.3) is 11.7 Å². The molecule has 1 amide bonds. The van der Waals surface area contributed by atoms with Gasteiger partial charge in [0.2, 0.25) is 0 Å². The number of carbonyl (C=O) groups is 2. The zero-order valence-electron chi connectivity index (χ0n) is 18.1. The fourth-order valence-corrected chi connectivity index (χ4v) is 3.92. The van der Waals surface area contributed by atoms with E-state index in [0.717, 1.165) is 24.2 Å². The summed E-state index contributed by atoms with van der Waals surface area (Å²) in [5.74, 6) is -1.36. The topological polar surface area (TPSA) is 73.7 Å². The molecule has 0 saturated carbocycles. The van der Waals surface area contributed by atoms with E-state index in [9.17, 15) is 14.7 Å². The van der Waals surface area contributed by atoms with Gasteiger partial charge in [-0.05, 0) is 50.2 Å². The Hall–Kier alpha value is -2.99. The van der Waals surface area contributed by atoms with Gasteiger partial charge in [-0.1, -0.05) is 37.6 Å². The number of likely N-dealkylation sites (N-methyl/N-ethyl adjacent to an activating group) is 1. The Morgan fingerprint density at radius 2 is 1.90 bits per heavy atom. The highest BCUT2D eigenvalue weighted by Crippen LogP contribution is 2.39. The van der Waals surface area contributed by atoms with E-state index in [-0.39, 0.29) is 11.3 Å². The van der Waals surface area contributed by atoms with Gasteiger partial charge in [-0.2, -0.15) is 0 Å². The quantitative estimate of drug-likeness (QED) is 0.432. The molecule has 0 radical (unpaired) electrons. The van der Waals surface area contributed by atoms with Crippen LogP contribution in [-0.4, -0.2) is 57.8 Å². The van der Waals surface area contributed by atoms with Crippen LogP contribution < -0.4 is 0 Å². The Morgan fingerprint density at radius 1 is 1.17 bits per heavy atom. The van der Waals surface area contributed by atoms with Gasteiger partial charge in [0, 0.05) is 31.0 Å². The molecule has 1 aromatic carbocycles. The summed E-state index contributed by atoms with van der Waals surface area (Å²) in [6.45, 7) is 10.7. The highest BCUT2D eigenvalue weighted by Gasteiger charge is 2.46. The molecule has 1 N–H and O–H groups in total. The Bertz CT molecular complexity index is 965. The van der Waals surface area contributed by atoms with Crippen molar-refractivity contribution >= 4 is 17.4 Å². The third-order valence-corrected chi connectivity index (χ3v) is 5.74. The number of Topliss-reactive ketones (excluding diaryl/α,β-unsaturated/α-hetero) is 1. The number of pyridine rings is 1. The van der Waals surface area contributed by atoms with Crippen molar-refractivity contribution in [2.24, 2.45) is 0 Å². The average molecular weight is 408 g/mol. The van der Waals surface area contributed by atoms with Crippen LogP contribution in [-0.2, 0) is 9.59 Å². The van der Waals surface area contributed by atoms with Gasteiger partial charge in [0.05, 0.1) is 11.6 Å². The number of amides is 1. The first-order valence-electron chi connectivity index (χ1n) is 10.4. The smallest absolute Gasteiger partial charge is 0.295 e. The van der Waals surface area contributed by atoms with E-state index in [2.05, 4.69) is 23.7 Å². The molecule has 1 atom stereocenters. The number of carbonyl (C=O) groups excluding carboxylic acids is 2. The summed E-state index contributed by atoms with van der Waals surface area (Å²) in [6, 6.07) is 8.65. The second kappa shape index (κ2) is 9.22. The largest absolute Gasteiger partial charge is 0.507 e. The number of ketones is 1. The molecule has 3 rings (SSSR count). The van der Waals surface area contributed by atoms with Gasteiger partial charge in [-0.15, -0.1) is 0 Å². The number of likely N-dealkylation sites (tertiary alicyclic amines) is 1. The van der Waals surface area contributed by atoms with Crippen molar-refractivity contribution in [1.82, 2.24) is 14.8 Å². The molecule has 30 heavy (non-hydrogen) atoms. The van der Waals surface area contributed by atoms with Gasteiger partial charge >= 0.3 is 0 Å². The number of hydrogen-bond acceptors (Lipinski definition) is 5. The van der Waals surface area contributed by atoms with E-state index in [1.807, 2.05) is 38.1 Å². The first-order chi connectivity index (χ1) is 14.4. The molecule has 0 bridgehead atoms. The Morgan fingerprint density at radius 3 is 2.53 bits per heavy atom. The molecule has 2 aromatic rings. The molecule has 2 heterocycles. The summed E-state index contributed by atoms with van der Waals surface area (Å²) in [7, 11) is 0. The summed E-state index contributed by atoms with van der Waals surface area (Å²) < 4.78 is 0. The summed E-state index contributed by atoms with van der Waals surface area (Å²) >= 11 is 0. The lowest BCUT2D eigenvalue weighted by molar-refractivity contribution is -0.140. The second-order valence-corrected chi connectivity index (χ2v) is 7.62. The van der Waals surface area contributed by atoms with Crippen LogP contribution in [0.25, 0.3) is 5.76 Å². The number of rotatable bonds is 7. The van der Waals surface area contributed by atoms with Gasteiger partial charge in [-0.3, -0.25) is 14.6 Å². The highest BCUT2D eigenvalue weighted by molar-refractivity contribution is 6.46. The molecule has 1 aliphatic rings. The van der Waals surface area contributed by atoms with Crippen molar-refractivity contribution in [2.75, 3.05) is 26.2 Å². The standard InChI is InChI=1S/C24H29N3O3/c1-5-26(6-2)12-13-27-21(18-8-7-11-25-15-18)20(23(29)24(27)30)22(28)19-14-16(3)9-10-17(19)4/h7-11,14-15,21,28H,5-6,12-13H2,1-4H3. The maximum atomic E-state index is 13.1. The van der Waals surface area contributed by atoms with Gasteiger partial charge in [0.15, 0.2) is 0 Å². The molecule has 6 nitrogen and oxygen atoms in total. The Kier molecular flexibility index (Phi) is 6.67. The fourth-order valence-electron chi connectivity index (χ4n) is 3.92. The molecule has 158 valence electrons. The summed E-state index contributed by atoms with van der Waals surface area (Å²) in [6.07, 6.45) is 3.30. The second-order valence-electron chi connectivity index (χ2n) is 7.62. The maximum absolute atomic E-state index is 13.1. The number of aryl methyl sites for hydroxylation is 2. The van der Waals surface area contributed by atoms with Crippen LogP contribution in [0.4, 0.5) is 0 Å². The number of aromatic nitrogens is 1. The molecule has 6 heteroatoms. The third kappa shape index (κ3) is 4.14. The van der Waals surface area contributed by atoms with Gasteiger partial charge < -0.3 is 14.9 Å². The lowest BCUT2D eigenvalue weighted by atomic mass is 9.94. The molecular formula is C24H29N3O3. The minimum atomic E-state index is -0.658.